The van der Waals surface area contributed by atoms with Gasteiger partial charge in [0.15, 0.2) is 5.76 Å². The van der Waals surface area contributed by atoms with Crippen molar-refractivity contribution in [2.75, 3.05) is 6.61 Å². The number of ketones is 1. The molecule has 1 heterocycles. The van der Waals surface area contributed by atoms with Gasteiger partial charge in [0.2, 0.25) is 5.78 Å². The van der Waals surface area contributed by atoms with Gasteiger partial charge in [0.1, 0.15) is 23.9 Å². The highest BCUT2D eigenvalue weighted by molar-refractivity contribution is 6.14. The molecule has 0 spiro atoms. The molecule has 1 aliphatic rings. The summed E-state index contributed by atoms with van der Waals surface area (Å²) in [6, 6.07) is 21.4. The zero-order chi connectivity index (χ0) is 21.8. The molecule has 0 saturated carbocycles. The van der Waals surface area contributed by atoms with Crippen molar-refractivity contribution in [2.24, 2.45) is 0 Å². The number of hydrogen-bond acceptors (Lipinski definition) is 4. The fourth-order valence-corrected chi connectivity index (χ4v) is 3.43. The van der Waals surface area contributed by atoms with E-state index in [-0.39, 0.29) is 5.78 Å². The van der Waals surface area contributed by atoms with Crippen LogP contribution in [0.4, 0.5) is 0 Å². The number of carbonyl (C=O) groups is 1. The molecule has 158 valence electrons. The molecular weight excluding hydrogens is 388 g/mol. The Morgan fingerprint density at radius 2 is 1.71 bits per heavy atom. The van der Waals surface area contributed by atoms with Crippen molar-refractivity contribution in [3.8, 4) is 17.2 Å². The lowest BCUT2D eigenvalue weighted by atomic mass is 10.0. The van der Waals surface area contributed by atoms with E-state index in [0.29, 0.717) is 42.0 Å². The minimum atomic E-state index is -0.130. The lowest BCUT2D eigenvalue weighted by molar-refractivity contribution is 0.101. The van der Waals surface area contributed by atoms with Crippen LogP contribution in [0.2, 0.25) is 0 Å². The summed E-state index contributed by atoms with van der Waals surface area (Å²) in [4.78, 5) is 12.7. The first kappa shape index (κ1) is 20.7. The Kier molecular flexibility index (Phi) is 6.08. The second-order valence-corrected chi connectivity index (χ2v) is 7.79. The molecule has 0 aliphatic carbocycles. The first-order chi connectivity index (χ1) is 15.0. The Morgan fingerprint density at radius 3 is 2.45 bits per heavy atom. The van der Waals surface area contributed by atoms with Gasteiger partial charge in [-0.1, -0.05) is 50.2 Å². The maximum Gasteiger partial charge on any atom is 0.231 e. The molecule has 3 aromatic rings. The van der Waals surface area contributed by atoms with Crippen molar-refractivity contribution in [1.29, 1.82) is 0 Å². The Balaban J connectivity index is 1.45. The molecule has 3 aromatic carbocycles. The van der Waals surface area contributed by atoms with Crippen LogP contribution in [-0.4, -0.2) is 12.4 Å². The van der Waals surface area contributed by atoms with Crippen LogP contribution in [0.1, 0.15) is 53.7 Å². The van der Waals surface area contributed by atoms with Gasteiger partial charge in [0.25, 0.3) is 0 Å². The van der Waals surface area contributed by atoms with Gasteiger partial charge in [-0.15, -0.1) is 0 Å². The van der Waals surface area contributed by atoms with Crippen LogP contribution in [-0.2, 0) is 6.61 Å². The van der Waals surface area contributed by atoms with Gasteiger partial charge in [-0.2, -0.15) is 0 Å². The normalized spacial score (nSPS) is 13.9. The summed E-state index contributed by atoms with van der Waals surface area (Å²) < 4.78 is 17.2. The van der Waals surface area contributed by atoms with E-state index in [1.54, 1.807) is 24.3 Å². The monoisotopic (exact) mass is 414 g/mol. The third kappa shape index (κ3) is 4.80. The zero-order valence-electron chi connectivity index (χ0n) is 18.1. The molecule has 0 aromatic heterocycles. The number of hydrogen-bond donors (Lipinski definition) is 0. The van der Waals surface area contributed by atoms with Crippen LogP contribution in [0.5, 0.6) is 17.2 Å². The molecule has 4 heteroatoms. The largest absolute Gasteiger partial charge is 0.494 e. The predicted octanol–water partition coefficient (Wildman–Crippen LogP) is 6.40. The summed E-state index contributed by atoms with van der Waals surface area (Å²) in [6.07, 6.45) is 1.74. The van der Waals surface area contributed by atoms with Crippen LogP contribution < -0.4 is 14.2 Å². The number of ether oxygens (including phenoxy) is 3. The maximum atomic E-state index is 12.7. The van der Waals surface area contributed by atoms with Crippen LogP contribution in [0.15, 0.2) is 72.5 Å². The lowest BCUT2D eigenvalue weighted by Gasteiger charge is -2.09. The Bertz CT molecular complexity index is 1110. The number of benzene rings is 3. The minimum Gasteiger partial charge on any atom is -0.494 e. The smallest absolute Gasteiger partial charge is 0.231 e. The molecule has 0 bridgehead atoms. The highest BCUT2D eigenvalue weighted by Crippen LogP contribution is 2.35. The van der Waals surface area contributed by atoms with Gasteiger partial charge in [-0.3, -0.25) is 4.79 Å². The SMILES string of the molecule is CCOc1ccc2c(c1)O/C(=C/c1cccc(OCc3ccc(C(C)C)cc3)c1)C2=O. The third-order valence-electron chi connectivity index (χ3n) is 5.16. The van der Waals surface area contributed by atoms with Crippen molar-refractivity contribution in [3.63, 3.8) is 0 Å². The molecular formula is C27H26O4. The van der Waals surface area contributed by atoms with E-state index in [1.807, 2.05) is 31.2 Å². The van der Waals surface area contributed by atoms with Crippen LogP contribution >= 0.6 is 0 Å². The Labute approximate surface area is 183 Å². The van der Waals surface area contributed by atoms with E-state index >= 15 is 0 Å². The molecule has 0 atom stereocenters. The molecule has 1 aliphatic heterocycles. The summed E-state index contributed by atoms with van der Waals surface area (Å²) in [5.74, 6) is 2.63. The molecule has 0 N–H and O–H groups in total. The molecule has 0 unspecified atom stereocenters. The molecule has 0 amide bonds. The minimum absolute atomic E-state index is 0.130. The summed E-state index contributed by atoms with van der Waals surface area (Å²) in [7, 11) is 0. The van der Waals surface area contributed by atoms with E-state index in [2.05, 4.69) is 38.1 Å². The Hall–Kier alpha value is -3.53. The highest BCUT2D eigenvalue weighted by Gasteiger charge is 2.27. The molecule has 0 radical (unpaired) electrons. The van der Waals surface area contributed by atoms with E-state index in [1.165, 1.54) is 5.56 Å². The van der Waals surface area contributed by atoms with Gasteiger partial charge < -0.3 is 14.2 Å². The van der Waals surface area contributed by atoms with Crippen molar-refractivity contribution in [3.05, 3.63) is 94.7 Å². The van der Waals surface area contributed by atoms with Gasteiger partial charge >= 0.3 is 0 Å². The van der Waals surface area contributed by atoms with Crippen LogP contribution in [0, 0.1) is 0 Å². The summed E-state index contributed by atoms with van der Waals surface area (Å²) >= 11 is 0. The number of Topliss-reactive ketones (excluding diaryl/α,β-unsaturated/α-hetero) is 1. The third-order valence-corrected chi connectivity index (χ3v) is 5.16. The molecule has 0 saturated heterocycles. The summed E-state index contributed by atoms with van der Waals surface area (Å²) in [6.45, 7) is 7.32. The van der Waals surface area contributed by atoms with Crippen molar-refractivity contribution >= 4 is 11.9 Å². The summed E-state index contributed by atoms with van der Waals surface area (Å²) in [5, 5.41) is 0. The van der Waals surface area contributed by atoms with Crippen LogP contribution in [0.3, 0.4) is 0 Å². The lowest BCUT2D eigenvalue weighted by Crippen LogP contribution is -1.99. The summed E-state index contributed by atoms with van der Waals surface area (Å²) in [5.41, 5.74) is 3.82. The first-order valence-electron chi connectivity index (χ1n) is 10.6. The highest BCUT2D eigenvalue weighted by atomic mass is 16.5. The molecule has 4 nitrogen and oxygen atoms in total. The number of carbonyl (C=O) groups excluding carboxylic acids is 1. The van der Waals surface area contributed by atoms with Crippen LogP contribution in [0.25, 0.3) is 6.08 Å². The van der Waals surface area contributed by atoms with Gasteiger partial charge in [-0.05, 0) is 59.9 Å². The van der Waals surface area contributed by atoms with E-state index in [0.717, 1.165) is 16.9 Å². The predicted molar refractivity (Wildman–Crippen MR) is 122 cm³/mol. The van der Waals surface area contributed by atoms with E-state index in [4.69, 9.17) is 14.2 Å². The second-order valence-electron chi connectivity index (χ2n) is 7.79. The fraction of sp³-hybridized carbons (Fsp3) is 0.222. The van der Waals surface area contributed by atoms with Gasteiger partial charge in [-0.25, -0.2) is 0 Å². The first-order valence-corrected chi connectivity index (χ1v) is 10.6. The second kappa shape index (κ2) is 9.09. The number of rotatable bonds is 7. The van der Waals surface area contributed by atoms with Gasteiger partial charge in [0, 0.05) is 6.07 Å². The standard InChI is InChI=1S/C27H26O4/c1-4-29-23-12-13-24-25(16-23)31-26(27(24)28)15-20-6-5-7-22(14-20)30-17-19-8-10-21(11-9-19)18(2)3/h5-16,18H,4,17H2,1-3H3/b26-15+. The quantitative estimate of drug-likeness (QED) is 0.419. The molecule has 0 fully saturated rings. The zero-order valence-corrected chi connectivity index (χ0v) is 18.1. The maximum absolute atomic E-state index is 12.7. The van der Waals surface area contributed by atoms with Crippen molar-refractivity contribution < 1.29 is 19.0 Å². The van der Waals surface area contributed by atoms with E-state index < -0.39 is 0 Å². The average molecular weight is 415 g/mol. The number of allylic oxidation sites excluding steroid dienone is 1. The number of fused-ring (bicyclic) bond motifs is 1. The fourth-order valence-electron chi connectivity index (χ4n) is 3.43. The topological polar surface area (TPSA) is 44.8 Å². The molecule has 4 rings (SSSR count). The average Bonchev–Trinajstić information content (AvgIpc) is 3.07. The molecule has 31 heavy (non-hydrogen) atoms. The van der Waals surface area contributed by atoms with Gasteiger partial charge in [0.05, 0.1) is 12.2 Å². The van der Waals surface area contributed by atoms with E-state index in [9.17, 15) is 4.79 Å². The van der Waals surface area contributed by atoms with Crippen molar-refractivity contribution in [2.45, 2.75) is 33.3 Å². The Morgan fingerprint density at radius 1 is 0.935 bits per heavy atom. The van der Waals surface area contributed by atoms with Crippen molar-refractivity contribution in [1.82, 2.24) is 0 Å².